The van der Waals surface area contributed by atoms with Crippen LogP contribution in [0.5, 0.6) is 23.0 Å². The molecule has 0 aromatic heterocycles. The Labute approximate surface area is 332 Å². The van der Waals surface area contributed by atoms with E-state index in [4.69, 9.17) is 23.5 Å². The molecule has 56 heavy (non-hydrogen) atoms. The van der Waals surface area contributed by atoms with Gasteiger partial charge in [0.1, 0.15) is 34.1 Å². The first-order valence-electron chi connectivity index (χ1n) is 18.4. The first kappa shape index (κ1) is 45.9. The van der Waals surface area contributed by atoms with Gasteiger partial charge in [-0.15, -0.1) is 0 Å². The molecule has 0 aliphatic heterocycles. The predicted octanol–water partition coefficient (Wildman–Crippen LogP) is 10.5. The lowest BCUT2D eigenvalue weighted by Gasteiger charge is -2.27. The van der Waals surface area contributed by atoms with E-state index in [1.165, 1.54) is 28.4 Å². The molecule has 0 heterocycles. The van der Waals surface area contributed by atoms with Crippen LogP contribution >= 0.6 is 14.5 Å². The third kappa shape index (κ3) is 10.5. The molecule has 4 aromatic carbocycles. The SMILES string of the molecule is CCOP(=O)(C(=O)c1c(C)cc(C)cc1C)c1ccccc1.COc1cccc(OC)c1C(=O)P(=O)(CC(C)CC(C)(C)C)C(=O)c1c(OC)cccc1OC. The van der Waals surface area contributed by atoms with Gasteiger partial charge in [-0.2, -0.15) is 0 Å². The van der Waals surface area contributed by atoms with Crippen LogP contribution in [0.3, 0.4) is 0 Å². The summed E-state index contributed by atoms with van der Waals surface area (Å²) in [6.07, 6.45) is 0.564. The van der Waals surface area contributed by atoms with Gasteiger partial charge in [0.05, 0.1) is 35.0 Å². The zero-order valence-corrected chi connectivity index (χ0v) is 36.5. The molecule has 0 aliphatic carbocycles. The van der Waals surface area contributed by atoms with Crippen molar-refractivity contribution in [1.82, 2.24) is 0 Å². The second-order valence-corrected chi connectivity index (χ2v) is 19.8. The Morgan fingerprint density at radius 1 is 0.625 bits per heavy atom. The van der Waals surface area contributed by atoms with Crippen LogP contribution in [0, 0.1) is 32.1 Å². The van der Waals surface area contributed by atoms with E-state index in [1.807, 2.05) is 45.9 Å². The molecule has 0 fully saturated rings. The Balaban J connectivity index is 0.000000329. The highest BCUT2D eigenvalue weighted by Crippen LogP contribution is 2.58. The standard InChI is InChI=1S/C26H35O7P.C18H21O3P/c1-17(15-26(2,3)4)16-34(29,24(27)22-18(30-5)11-9-12-19(22)31-6)25(28)23-20(32-7)13-10-14-21(23)33-8;1-5-21-22(20,16-9-7-6-8-10-16)18(19)17-14(3)11-13(2)12-15(17)4/h9-14,17H,15-16H2,1-8H3;6-12H,5H2,1-4H3. The van der Waals surface area contributed by atoms with Crippen molar-refractivity contribution < 1.29 is 47.0 Å². The number of carbonyl (C=O) groups excluding carboxylic acids is 3. The molecule has 0 N–H and O–H groups in total. The highest BCUT2D eigenvalue weighted by atomic mass is 31.2. The number of ether oxygens (including phenoxy) is 4. The minimum atomic E-state index is -4.25. The zero-order valence-electron chi connectivity index (χ0n) is 34.7. The van der Waals surface area contributed by atoms with Gasteiger partial charge in [0, 0.05) is 17.0 Å². The van der Waals surface area contributed by atoms with E-state index >= 15 is 0 Å². The number of rotatable bonds is 16. The van der Waals surface area contributed by atoms with Crippen LogP contribution in [-0.2, 0) is 13.7 Å². The van der Waals surface area contributed by atoms with Gasteiger partial charge in [-0.1, -0.05) is 75.7 Å². The van der Waals surface area contributed by atoms with E-state index in [-0.39, 0.29) is 58.2 Å². The van der Waals surface area contributed by atoms with E-state index in [2.05, 4.69) is 20.8 Å². The van der Waals surface area contributed by atoms with Crippen LogP contribution < -0.4 is 24.3 Å². The number of carbonyl (C=O) groups is 3. The molecule has 4 rings (SSSR count). The van der Waals surface area contributed by atoms with Crippen molar-refractivity contribution >= 4 is 36.4 Å². The van der Waals surface area contributed by atoms with Crippen molar-refractivity contribution in [2.24, 2.45) is 11.3 Å². The van der Waals surface area contributed by atoms with Gasteiger partial charge in [0.25, 0.3) is 5.52 Å². The Morgan fingerprint density at radius 2 is 1.04 bits per heavy atom. The van der Waals surface area contributed by atoms with E-state index in [9.17, 15) is 23.5 Å². The summed E-state index contributed by atoms with van der Waals surface area (Å²) in [5.41, 5.74) is 1.11. The number of methoxy groups -OCH3 is 4. The largest absolute Gasteiger partial charge is 0.496 e. The third-order valence-electron chi connectivity index (χ3n) is 9.03. The summed E-state index contributed by atoms with van der Waals surface area (Å²) in [5.74, 6) is 0.571. The van der Waals surface area contributed by atoms with Gasteiger partial charge in [-0.05, 0) is 93.0 Å². The van der Waals surface area contributed by atoms with E-state index in [0.29, 0.717) is 17.3 Å². The minimum absolute atomic E-state index is 0.0130. The molecule has 12 heteroatoms. The normalized spacial score (nSPS) is 13.0. The summed E-state index contributed by atoms with van der Waals surface area (Å²) in [5, 5.41) is 0.446. The molecule has 0 aliphatic rings. The fourth-order valence-corrected chi connectivity index (χ4v) is 11.8. The topological polar surface area (TPSA) is 132 Å². The molecule has 0 bridgehead atoms. The van der Waals surface area contributed by atoms with Crippen molar-refractivity contribution in [2.75, 3.05) is 41.2 Å². The van der Waals surface area contributed by atoms with Gasteiger partial charge in [-0.3, -0.25) is 18.9 Å². The van der Waals surface area contributed by atoms with Gasteiger partial charge >= 0.3 is 7.37 Å². The van der Waals surface area contributed by atoms with Crippen LogP contribution in [0.1, 0.15) is 88.8 Å². The van der Waals surface area contributed by atoms with Gasteiger partial charge in [-0.25, -0.2) is 0 Å². The molecule has 4 aromatic rings. The Hall–Kier alpha value is -4.49. The average Bonchev–Trinajstić information content (AvgIpc) is 3.15. The number of aryl methyl sites for hydroxylation is 3. The summed E-state index contributed by atoms with van der Waals surface area (Å²) in [6.45, 7) is 15.8. The van der Waals surface area contributed by atoms with Crippen LogP contribution in [-0.4, -0.2) is 57.8 Å². The molecule has 302 valence electrons. The second-order valence-electron chi connectivity index (χ2n) is 14.9. The molecule has 2 atom stereocenters. The number of hydrogen-bond donors (Lipinski definition) is 0. The van der Waals surface area contributed by atoms with E-state index in [1.54, 1.807) is 67.6 Å². The lowest BCUT2D eigenvalue weighted by atomic mass is 9.86. The van der Waals surface area contributed by atoms with Crippen LogP contribution in [0.2, 0.25) is 0 Å². The fraction of sp³-hybridized carbons (Fsp3) is 0.386. The first-order chi connectivity index (χ1) is 26.3. The molecule has 0 spiro atoms. The van der Waals surface area contributed by atoms with Crippen LogP contribution in [0.15, 0.2) is 78.9 Å². The maximum absolute atomic E-state index is 14.7. The Morgan fingerprint density at radius 3 is 1.39 bits per heavy atom. The van der Waals surface area contributed by atoms with Gasteiger partial charge in [0.2, 0.25) is 18.2 Å². The molecule has 0 saturated heterocycles. The highest BCUT2D eigenvalue weighted by Gasteiger charge is 2.46. The quantitative estimate of drug-likeness (QED) is 0.101. The van der Waals surface area contributed by atoms with Crippen molar-refractivity contribution in [3.8, 4) is 23.0 Å². The predicted molar refractivity (Wildman–Crippen MR) is 224 cm³/mol. The molecular formula is C44H56O10P2. The van der Waals surface area contributed by atoms with Crippen molar-refractivity contribution in [3.05, 3.63) is 112 Å². The lowest BCUT2D eigenvalue weighted by molar-refractivity contribution is 0.102. The second kappa shape index (κ2) is 19.6. The van der Waals surface area contributed by atoms with Crippen molar-refractivity contribution in [1.29, 1.82) is 0 Å². The highest BCUT2D eigenvalue weighted by molar-refractivity contribution is 7.95. The lowest BCUT2D eigenvalue weighted by Crippen LogP contribution is -2.21. The Bertz CT molecular complexity index is 1980. The average molecular weight is 807 g/mol. The summed E-state index contributed by atoms with van der Waals surface area (Å²) < 4.78 is 55.0. The number of benzene rings is 4. The van der Waals surface area contributed by atoms with E-state index in [0.717, 1.165) is 16.7 Å². The van der Waals surface area contributed by atoms with Gasteiger partial charge < -0.3 is 28.0 Å². The third-order valence-corrected chi connectivity index (χ3v) is 14.3. The maximum atomic E-state index is 14.7. The zero-order chi connectivity index (χ0) is 42.0. The molecule has 0 radical (unpaired) electrons. The summed E-state index contributed by atoms with van der Waals surface area (Å²) >= 11 is 0. The first-order valence-corrected chi connectivity index (χ1v) is 21.9. The maximum Gasteiger partial charge on any atom is 0.300 e. The monoisotopic (exact) mass is 806 g/mol. The molecule has 0 saturated carbocycles. The van der Waals surface area contributed by atoms with Gasteiger partial charge in [0.15, 0.2) is 0 Å². The molecular weight excluding hydrogens is 750 g/mol. The van der Waals surface area contributed by atoms with Crippen LogP contribution in [0.4, 0.5) is 0 Å². The summed E-state index contributed by atoms with van der Waals surface area (Å²) in [4.78, 5) is 41.1. The minimum Gasteiger partial charge on any atom is -0.496 e. The summed E-state index contributed by atoms with van der Waals surface area (Å²) in [7, 11) is -2.21. The smallest absolute Gasteiger partial charge is 0.300 e. The summed E-state index contributed by atoms with van der Waals surface area (Å²) in [6, 6.07) is 22.2. The fourth-order valence-electron chi connectivity index (χ4n) is 7.01. The molecule has 10 nitrogen and oxygen atoms in total. The van der Waals surface area contributed by atoms with E-state index < -0.39 is 31.1 Å². The Kier molecular flexibility index (Phi) is 16.1. The molecule has 2 unspecified atom stereocenters. The number of hydrogen-bond acceptors (Lipinski definition) is 10. The van der Waals surface area contributed by atoms with Crippen molar-refractivity contribution in [3.63, 3.8) is 0 Å². The molecule has 0 amide bonds. The van der Waals surface area contributed by atoms with Crippen molar-refractivity contribution in [2.45, 2.75) is 61.8 Å². The van der Waals surface area contributed by atoms with Crippen LogP contribution in [0.25, 0.3) is 0 Å².